The van der Waals surface area contributed by atoms with E-state index in [1.54, 1.807) is 0 Å². The smallest absolute Gasteiger partial charge is 0.128 e. The van der Waals surface area contributed by atoms with E-state index in [4.69, 9.17) is 4.98 Å². The summed E-state index contributed by atoms with van der Waals surface area (Å²) in [5.41, 5.74) is 5.63. The molecule has 3 aromatic heterocycles. The maximum Gasteiger partial charge on any atom is 0.128 e. The molecule has 0 amide bonds. The Balaban J connectivity index is 1.15. The molecule has 0 unspecified atom stereocenters. The van der Waals surface area contributed by atoms with Crippen molar-refractivity contribution in [3.05, 3.63) is 48.3 Å². The molecule has 35 heavy (non-hydrogen) atoms. The predicted octanol–water partition coefficient (Wildman–Crippen LogP) is 3.92. The van der Waals surface area contributed by atoms with Crippen LogP contribution in [0.4, 0.5) is 11.6 Å². The van der Waals surface area contributed by atoms with Gasteiger partial charge in [-0.2, -0.15) is 0 Å². The first-order valence-corrected chi connectivity index (χ1v) is 13.3. The summed E-state index contributed by atoms with van der Waals surface area (Å²) in [7, 11) is 0. The van der Waals surface area contributed by atoms with Gasteiger partial charge < -0.3 is 20.1 Å². The summed E-state index contributed by atoms with van der Waals surface area (Å²) >= 11 is 0. The molecule has 7 nitrogen and oxygen atoms in total. The summed E-state index contributed by atoms with van der Waals surface area (Å²) in [5, 5.41) is 3.43. The van der Waals surface area contributed by atoms with Crippen LogP contribution in [-0.4, -0.2) is 78.3 Å². The van der Waals surface area contributed by atoms with Crippen LogP contribution in [0.2, 0.25) is 0 Å². The van der Waals surface area contributed by atoms with E-state index in [0.29, 0.717) is 0 Å². The number of aromatic amines is 1. The molecule has 184 valence electrons. The molecule has 0 radical (unpaired) electrons. The molecule has 3 fully saturated rings. The average molecular weight is 472 g/mol. The second-order valence-electron chi connectivity index (χ2n) is 10.2. The number of anilines is 2. The normalized spacial score (nSPS) is 20.0. The lowest BCUT2D eigenvalue weighted by molar-refractivity contribution is 0.187. The number of hydrogen-bond donors (Lipinski definition) is 2. The number of H-pyrrole nitrogens is 1. The van der Waals surface area contributed by atoms with Crippen LogP contribution in [-0.2, 0) is 0 Å². The molecule has 3 aliphatic rings. The van der Waals surface area contributed by atoms with Crippen molar-refractivity contribution < 1.29 is 0 Å². The van der Waals surface area contributed by atoms with E-state index in [1.165, 1.54) is 48.3 Å². The molecule has 5 heterocycles. The number of hydrogen-bond acceptors (Lipinski definition) is 6. The van der Waals surface area contributed by atoms with Crippen LogP contribution < -0.4 is 15.1 Å². The highest BCUT2D eigenvalue weighted by Crippen LogP contribution is 2.30. The van der Waals surface area contributed by atoms with E-state index >= 15 is 0 Å². The van der Waals surface area contributed by atoms with Crippen molar-refractivity contribution in [2.45, 2.75) is 38.6 Å². The number of nitrogens with zero attached hydrogens (tertiary/aromatic N) is 5. The summed E-state index contributed by atoms with van der Waals surface area (Å²) in [4.78, 5) is 20.7. The summed E-state index contributed by atoms with van der Waals surface area (Å²) in [5.74, 6) is 2.29. The third kappa shape index (κ3) is 4.80. The molecule has 0 bridgehead atoms. The number of aromatic nitrogens is 3. The molecule has 2 N–H and O–H groups in total. The topological polar surface area (TPSA) is 63.3 Å². The SMILES string of the molecule is Cc1cc(N2CCNCC2)[nH]c1-c1ccnc(-c2ccc(N3CCN(C4CCCC4)CC3)nc2)c1. The van der Waals surface area contributed by atoms with Crippen LogP contribution >= 0.6 is 0 Å². The van der Waals surface area contributed by atoms with Gasteiger partial charge in [0.15, 0.2) is 0 Å². The number of rotatable bonds is 5. The quantitative estimate of drug-likeness (QED) is 0.588. The molecule has 0 atom stereocenters. The number of piperazine rings is 2. The minimum atomic E-state index is 0.821. The van der Waals surface area contributed by atoms with Crippen molar-refractivity contribution in [2.75, 3.05) is 62.2 Å². The average Bonchev–Trinajstić information content (AvgIpc) is 3.60. The fourth-order valence-corrected chi connectivity index (χ4v) is 5.97. The molecule has 1 aliphatic carbocycles. The van der Waals surface area contributed by atoms with Crippen LogP contribution in [0.3, 0.4) is 0 Å². The van der Waals surface area contributed by atoms with Crippen LogP contribution in [0.25, 0.3) is 22.5 Å². The van der Waals surface area contributed by atoms with E-state index < -0.39 is 0 Å². The monoisotopic (exact) mass is 471 g/mol. The van der Waals surface area contributed by atoms with E-state index in [-0.39, 0.29) is 0 Å². The molecular formula is C28H37N7. The highest BCUT2D eigenvalue weighted by atomic mass is 15.3. The van der Waals surface area contributed by atoms with Crippen molar-refractivity contribution >= 4 is 11.6 Å². The Bertz CT molecular complexity index is 1120. The molecule has 6 rings (SSSR count). The van der Waals surface area contributed by atoms with Crippen molar-refractivity contribution in [1.29, 1.82) is 0 Å². The Labute approximate surface area is 208 Å². The zero-order valence-electron chi connectivity index (χ0n) is 20.8. The molecule has 0 aromatic carbocycles. The van der Waals surface area contributed by atoms with Gasteiger partial charge in [-0.05, 0) is 55.7 Å². The second kappa shape index (κ2) is 9.99. The summed E-state index contributed by atoms with van der Waals surface area (Å²) < 4.78 is 0. The van der Waals surface area contributed by atoms with E-state index in [1.807, 2.05) is 12.4 Å². The molecule has 1 saturated carbocycles. The standard InChI is InChI=1S/C28H37N7/c1-21-18-27(34-12-10-29-11-13-34)32-28(21)22-8-9-30-25(19-22)23-6-7-26(31-20-23)35-16-14-33(15-17-35)24-4-2-3-5-24/h6-9,18-20,24,29,32H,2-5,10-17H2,1H3. The fourth-order valence-electron chi connectivity index (χ4n) is 5.97. The lowest BCUT2D eigenvalue weighted by atomic mass is 10.1. The van der Waals surface area contributed by atoms with Gasteiger partial charge in [0.1, 0.15) is 11.6 Å². The molecule has 2 aliphatic heterocycles. The van der Waals surface area contributed by atoms with Crippen molar-refractivity contribution in [3.63, 3.8) is 0 Å². The van der Waals surface area contributed by atoms with Crippen molar-refractivity contribution in [1.82, 2.24) is 25.2 Å². The van der Waals surface area contributed by atoms with Gasteiger partial charge in [-0.3, -0.25) is 9.88 Å². The summed E-state index contributed by atoms with van der Waals surface area (Å²) in [6, 6.07) is 11.7. The zero-order chi connectivity index (χ0) is 23.6. The highest BCUT2D eigenvalue weighted by molar-refractivity contribution is 5.72. The first-order valence-electron chi connectivity index (χ1n) is 13.3. The van der Waals surface area contributed by atoms with Crippen LogP contribution in [0, 0.1) is 6.92 Å². The Morgan fingerprint density at radius 2 is 1.63 bits per heavy atom. The van der Waals surface area contributed by atoms with Gasteiger partial charge in [-0.1, -0.05) is 12.8 Å². The van der Waals surface area contributed by atoms with Gasteiger partial charge in [0, 0.05) is 81.9 Å². The van der Waals surface area contributed by atoms with Crippen LogP contribution in [0.1, 0.15) is 31.2 Å². The predicted molar refractivity (Wildman–Crippen MR) is 143 cm³/mol. The van der Waals surface area contributed by atoms with Crippen molar-refractivity contribution in [3.8, 4) is 22.5 Å². The molecule has 7 heteroatoms. The maximum absolute atomic E-state index is 4.83. The van der Waals surface area contributed by atoms with E-state index in [0.717, 1.165) is 75.5 Å². The molecular weight excluding hydrogens is 434 g/mol. The zero-order valence-corrected chi connectivity index (χ0v) is 20.8. The largest absolute Gasteiger partial charge is 0.356 e. The second-order valence-corrected chi connectivity index (χ2v) is 10.2. The Morgan fingerprint density at radius 3 is 2.37 bits per heavy atom. The van der Waals surface area contributed by atoms with Gasteiger partial charge in [-0.25, -0.2) is 4.98 Å². The van der Waals surface area contributed by atoms with Crippen molar-refractivity contribution in [2.24, 2.45) is 0 Å². The molecule has 2 saturated heterocycles. The number of aryl methyl sites for hydroxylation is 1. The minimum Gasteiger partial charge on any atom is -0.356 e. The lowest BCUT2D eigenvalue weighted by Gasteiger charge is -2.38. The number of nitrogens with one attached hydrogen (secondary N) is 2. The first-order chi connectivity index (χ1) is 17.2. The third-order valence-corrected chi connectivity index (χ3v) is 8.03. The summed E-state index contributed by atoms with van der Waals surface area (Å²) in [6.45, 7) is 10.8. The Morgan fingerprint density at radius 1 is 0.829 bits per heavy atom. The summed E-state index contributed by atoms with van der Waals surface area (Å²) in [6.07, 6.45) is 9.48. The van der Waals surface area contributed by atoms with E-state index in [2.05, 4.69) is 67.2 Å². The molecule has 0 spiro atoms. The van der Waals surface area contributed by atoms with Gasteiger partial charge in [-0.15, -0.1) is 0 Å². The molecule has 3 aromatic rings. The highest BCUT2D eigenvalue weighted by Gasteiger charge is 2.26. The minimum absolute atomic E-state index is 0.821. The third-order valence-electron chi connectivity index (χ3n) is 8.03. The maximum atomic E-state index is 4.83. The van der Waals surface area contributed by atoms with E-state index in [9.17, 15) is 0 Å². The van der Waals surface area contributed by atoms with Crippen LogP contribution in [0.15, 0.2) is 42.7 Å². The Kier molecular flexibility index (Phi) is 6.44. The lowest BCUT2D eigenvalue weighted by Crippen LogP contribution is -2.49. The van der Waals surface area contributed by atoms with Gasteiger partial charge in [0.25, 0.3) is 0 Å². The number of pyridine rings is 2. The first kappa shape index (κ1) is 22.6. The fraction of sp³-hybridized carbons (Fsp3) is 0.500. The van der Waals surface area contributed by atoms with Gasteiger partial charge >= 0.3 is 0 Å². The van der Waals surface area contributed by atoms with Crippen LogP contribution in [0.5, 0.6) is 0 Å². The van der Waals surface area contributed by atoms with Gasteiger partial charge in [0.05, 0.1) is 11.4 Å². The van der Waals surface area contributed by atoms with Gasteiger partial charge in [0.2, 0.25) is 0 Å². The Hall–Kier alpha value is -2.90.